The van der Waals surface area contributed by atoms with Crippen LogP contribution in [0.1, 0.15) is 50.3 Å². The third kappa shape index (κ3) is 4.80. The Morgan fingerprint density at radius 1 is 1.42 bits per heavy atom. The van der Waals surface area contributed by atoms with Crippen LogP contribution in [0.2, 0.25) is 5.02 Å². The lowest BCUT2D eigenvalue weighted by Crippen LogP contribution is -2.52. The van der Waals surface area contributed by atoms with Crippen LogP contribution in [0.5, 0.6) is 0 Å². The van der Waals surface area contributed by atoms with Crippen molar-refractivity contribution in [3.8, 4) is 0 Å². The van der Waals surface area contributed by atoms with Crippen LogP contribution >= 0.6 is 36.4 Å². The normalized spacial score (nSPS) is 25.9. The van der Waals surface area contributed by atoms with Gasteiger partial charge in [-0.1, -0.05) is 11.6 Å². The summed E-state index contributed by atoms with van der Waals surface area (Å²) in [7, 11) is 0. The SMILES string of the molecule is Cc1cc(Cl)c(C2=NNC(=O)OC23CCC(C[C@H](C)N)CC3)cn1.Cl.Cl. The molecule has 1 atom stereocenters. The van der Waals surface area contributed by atoms with Gasteiger partial charge in [0, 0.05) is 23.5 Å². The topological polar surface area (TPSA) is 89.6 Å². The van der Waals surface area contributed by atoms with Gasteiger partial charge in [0.15, 0.2) is 5.60 Å². The molecule has 0 bridgehead atoms. The van der Waals surface area contributed by atoms with E-state index in [0.717, 1.165) is 37.8 Å². The quantitative estimate of drug-likeness (QED) is 0.769. The Labute approximate surface area is 171 Å². The van der Waals surface area contributed by atoms with E-state index in [-0.39, 0.29) is 30.9 Å². The van der Waals surface area contributed by atoms with E-state index in [0.29, 0.717) is 22.2 Å². The molecule has 2 aliphatic rings. The van der Waals surface area contributed by atoms with Crippen molar-refractivity contribution in [3.05, 3.63) is 28.5 Å². The second-order valence-corrected chi connectivity index (χ2v) is 7.33. The molecule has 26 heavy (non-hydrogen) atoms. The van der Waals surface area contributed by atoms with Crippen molar-refractivity contribution in [2.75, 3.05) is 0 Å². The Balaban J connectivity index is 0.00000169. The van der Waals surface area contributed by atoms with Crippen LogP contribution in [-0.4, -0.2) is 28.4 Å². The number of amides is 1. The molecule has 1 aliphatic heterocycles. The van der Waals surface area contributed by atoms with Crippen LogP contribution < -0.4 is 11.2 Å². The number of ether oxygens (including phenoxy) is 1. The first kappa shape index (κ1) is 23.0. The van der Waals surface area contributed by atoms with Gasteiger partial charge < -0.3 is 10.5 Å². The minimum Gasteiger partial charge on any atom is -0.435 e. The number of rotatable bonds is 3. The van der Waals surface area contributed by atoms with Crippen molar-refractivity contribution < 1.29 is 9.53 Å². The summed E-state index contributed by atoms with van der Waals surface area (Å²) in [6.45, 7) is 3.91. The number of halogens is 3. The molecule has 9 heteroatoms. The fourth-order valence-electron chi connectivity index (χ4n) is 3.70. The number of carbonyl (C=O) groups excluding carboxylic acids is 1. The summed E-state index contributed by atoms with van der Waals surface area (Å²) < 4.78 is 5.72. The van der Waals surface area contributed by atoms with E-state index in [9.17, 15) is 4.79 Å². The highest BCUT2D eigenvalue weighted by atomic mass is 35.5. The molecule has 2 heterocycles. The first-order valence-corrected chi connectivity index (χ1v) is 8.73. The van der Waals surface area contributed by atoms with Crippen molar-refractivity contribution in [1.29, 1.82) is 0 Å². The van der Waals surface area contributed by atoms with Crippen LogP contribution in [0.15, 0.2) is 17.4 Å². The maximum Gasteiger partial charge on any atom is 0.428 e. The summed E-state index contributed by atoms with van der Waals surface area (Å²) in [6, 6.07) is 1.98. The van der Waals surface area contributed by atoms with E-state index >= 15 is 0 Å². The van der Waals surface area contributed by atoms with Crippen LogP contribution in [-0.2, 0) is 4.74 Å². The number of hydrogen-bond acceptors (Lipinski definition) is 5. The van der Waals surface area contributed by atoms with Crippen molar-refractivity contribution in [3.63, 3.8) is 0 Å². The highest BCUT2D eigenvalue weighted by Crippen LogP contribution is 2.41. The molecule has 1 spiro atoms. The van der Waals surface area contributed by atoms with Crippen molar-refractivity contribution in [1.82, 2.24) is 10.4 Å². The predicted molar refractivity (Wildman–Crippen MR) is 108 cm³/mol. The predicted octanol–water partition coefficient (Wildman–Crippen LogP) is 4.00. The van der Waals surface area contributed by atoms with E-state index in [1.54, 1.807) is 12.3 Å². The smallest absolute Gasteiger partial charge is 0.428 e. The summed E-state index contributed by atoms with van der Waals surface area (Å²) >= 11 is 6.39. The van der Waals surface area contributed by atoms with Crippen molar-refractivity contribution in [2.24, 2.45) is 16.8 Å². The Bertz CT molecular complexity index is 674. The van der Waals surface area contributed by atoms with E-state index < -0.39 is 11.7 Å². The van der Waals surface area contributed by atoms with Gasteiger partial charge in [-0.2, -0.15) is 5.10 Å². The van der Waals surface area contributed by atoms with Crippen molar-refractivity contribution in [2.45, 2.75) is 57.6 Å². The Morgan fingerprint density at radius 3 is 2.65 bits per heavy atom. The standard InChI is InChI=1S/C17H23ClN4O2.2ClH/c1-10(19)7-12-3-5-17(6-4-12)15(21-22-16(23)24-17)13-9-20-11(2)8-14(13)18;;/h8-10,12H,3-7,19H2,1-2H3,(H,22,23);2*1H/t10-,12?,17?;;/m0../s1. The molecule has 1 fully saturated rings. The zero-order valence-corrected chi connectivity index (χ0v) is 17.2. The average molecular weight is 424 g/mol. The molecule has 1 amide bonds. The lowest BCUT2D eigenvalue weighted by molar-refractivity contribution is 0.0158. The van der Waals surface area contributed by atoms with E-state index in [1.807, 2.05) is 13.8 Å². The van der Waals surface area contributed by atoms with Crippen LogP contribution in [0.4, 0.5) is 4.79 Å². The molecule has 0 aromatic carbocycles. The van der Waals surface area contributed by atoms with Crippen LogP contribution in [0.3, 0.4) is 0 Å². The van der Waals surface area contributed by atoms with Gasteiger partial charge in [0.2, 0.25) is 0 Å². The number of hydrazone groups is 1. The fourth-order valence-corrected chi connectivity index (χ4v) is 4.00. The summed E-state index contributed by atoms with van der Waals surface area (Å²) in [4.78, 5) is 16.1. The second-order valence-electron chi connectivity index (χ2n) is 6.92. The third-order valence-electron chi connectivity index (χ3n) is 4.84. The Kier molecular flexibility index (Phi) is 8.14. The van der Waals surface area contributed by atoms with Crippen LogP contribution in [0.25, 0.3) is 0 Å². The molecule has 1 aromatic rings. The summed E-state index contributed by atoms with van der Waals surface area (Å²) in [5.74, 6) is 0.553. The minimum absolute atomic E-state index is 0. The van der Waals surface area contributed by atoms with Gasteiger partial charge in [-0.05, 0) is 57.9 Å². The summed E-state index contributed by atoms with van der Waals surface area (Å²) in [6.07, 6.45) is 5.52. The number of aromatic nitrogens is 1. The van der Waals surface area contributed by atoms with Gasteiger partial charge in [0.05, 0.1) is 5.02 Å². The lowest BCUT2D eigenvalue weighted by Gasteiger charge is -2.42. The minimum atomic E-state index is -0.725. The Morgan fingerprint density at radius 2 is 2.08 bits per heavy atom. The third-order valence-corrected chi connectivity index (χ3v) is 5.15. The molecule has 146 valence electrons. The molecule has 0 saturated heterocycles. The number of aryl methyl sites for hydroxylation is 1. The van der Waals surface area contributed by atoms with E-state index in [4.69, 9.17) is 22.1 Å². The molecule has 0 radical (unpaired) electrons. The number of nitrogens with one attached hydrogen (secondary N) is 1. The lowest BCUT2D eigenvalue weighted by atomic mass is 9.73. The second kappa shape index (κ2) is 9.22. The maximum absolute atomic E-state index is 11.8. The van der Waals surface area contributed by atoms with E-state index in [1.165, 1.54) is 0 Å². The molecule has 3 N–H and O–H groups in total. The zero-order chi connectivity index (χ0) is 17.3. The number of nitrogens with zero attached hydrogens (tertiary/aromatic N) is 2. The van der Waals surface area contributed by atoms with Gasteiger partial charge >= 0.3 is 6.09 Å². The molecule has 1 aliphatic carbocycles. The number of pyridine rings is 1. The summed E-state index contributed by atoms with van der Waals surface area (Å²) in [5.41, 5.74) is 9.82. The highest BCUT2D eigenvalue weighted by molar-refractivity contribution is 6.34. The van der Waals surface area contributed by atoms with Gasteiger partial charge in [-0.3, -0.25) is 4.98 Å². The number of hydrogen-bond donors (Lipinski definition) is 2. The first-order chi connectivity index (χ1) is 11.4. The summed E-state index contributed by atoms with van der Waals surface area (Å²) in [5, 5.41) is 4.84. The maximum atomic E-state index is 11.8. The number of nitrogens with two attached hydrogens (primary N) is 1. The molecular weight excluding hydrogens is 399 g/mol. The average Bonchev–Trinajstić information content (AvgIpc) is 2.51. The molecule has 0 unspecified atom stereocenters. The largest absolute Gasteiger partial charge is 0.435 e. The zero-order valence-electron chi connectivity index (χ0n) is 14.8. The van der Waals surface area contributed by atoms with Crippen molar-refractivity contribution >= 4 is 48.2 Å². The van der Waals surface area contributed by atoms with Gasteiger partial charge in [0.25, 0.3) is 0 Å². The molecule has 1 saturated carbocycles. The fraction of sp³-hybridized carbons (Fsp3) is 0.588. The molecule has 1 aromatic heterocycles. The monoisotopic (exact) mass is 422 g/mol. The molecule has 3 rings (SSSR count). The van der Waals surface area contributed by atoms with Gasteiger partial charge in [-0.25, -0.2) is 10.2 Å². The first-order valence-electron chi connectivity index (χ1n) is 8.35. The van der Waals surface area contributed by atoms with Crippen LogP contribution in [0, 0.1) is 12.8 Å². The van der Waals surface area contributed by atoms with E-state index in [2.05, 4.69) is 15.5 Å². The number of carbonyl (C=O) groups is 1. The van der Waals surface area contributed by atoms with Gasteiger partial charge in [0.1, 0.15) is 5.71 Å². The Hall–Kier alpha value is -1.08. The highest BCUT2D eigenvalue weighted by Gasteiger charge is 2.46. The molecule has 6 nitrogen and oxygen atoms in total. The molecular formula is C17H25Cl3N4O2. The van der Waals surface area contributed by atoms with Gasteiger partial charge in [-0.15, -0.1) is 24.8 Å².